The van der Waals surface area contributed by atoms with Crippen molar-refractivity contribution in [2.24, 2.45) is 0 Å². The van der Waals surface area contributed by atoms with E-state index in [0.717, 1.165) is 11.3 Å². The Labute approximate surface area is 117 Å². The van der Waals surface area contributed by atoms with Crippen LogP contribution in [-0.4, -0.2) is 17.1 Å². The average molecular weight is 271 g/mol. The lowest BCUT2D eigenvalue weighted by Crippen LogP contribution is -2.26. The Morgan fingerprint density at radius 3 is 2.55 bits per heavy atom. The monoisotopic (exact) mass is 271 g/mol. The van der Waals surface area contributed by atoms with Crippen molar-refractivity contribution in [1.29, 1.82) is 0 Å². The van der Waals surface area contributed by atoms with Gasteiger partial charge in [-0.05, 0) is 18.6 Å². The number of esters is 1. The number of benzene rings is 1. The zero-order valence-electron chi connectivity index (χ0n) is 11.4. The van der Waals surface area contributed by atoms with Gasteiger partial charge < -0.3 is 9.30 Å². The van der Waals surface area contributed by atoms with Crippen molar-refractivity contribution < 1.29 is 9.53 Å². The summed E-state index contributed by atoms with van der Waals surface area (Å²) in [4.78, 5) is 23.4. The van der Waals surface area contributed by atoms with Gasteiger partial charge in [0.2, 0.25) is 0 Å². The molecule has 1 aromatic carbocycles. The molecular weight excluding hydrogens is 254 g/mol. The third kappa shape index (κ3) is 3.82. The van der Waals surface area contributed by atoms with Crippen LogP contribution in [0.5, 0.6) is 0 Å². The average Bonchev–Trinajstić information content (AvgIpc) is 2.44. The molecule has 0 atom stereocenters. The molecule has 0 spiro atoms. The largest absolute Gasteiger partial charge is 0.464 e. The highest BCUT2D eigenvalue weighted by atomic mass is 16.5. The lowest BCUT2D eigenvalue weighted by molar-refractivity contribution is -0.144. The van der Waals surface area contributed by atoms with Gasteiger partial charge in [0.1, 0.15) is 6.54 Å². The van der Waals surface area contributed by atoms with E-state index in [1.54, 1.807) is 19.1 Å². The Hall–Kier alpha value is -2.36. The molecule has 0 radical (unpaired) electrons. The van der Waals surface area contributed by atoms with Crippen LogP contribution in [0.2, 0.25) is 0 Å². The Kier molecular flexibility index (Phi) is 4.71. The SMILES string of the molecule is Cc1cccc(=O)n1CC(=O)OCCc1ccccc1. The highest BCUT2D eigenvalue weighted by Crippen LogP contribution is 2.00. The lowest BCUT2D eigenvalue weighted by atomic mass is 10.2. The first-order valence-corrected chi connectivity index (χ1v) is 6.53. The number of aromatic nitrogens is 1. The van der Waals surface area contributed by atoms with Gasteiger partial charge in [-0.1, -0.05) is 36.4 Å². The van der Waals surface area contributed by atoms with Crippen molar-refractivity contribution in [3.63, 3.8) is 0 Å². The molecule has 0 bridgehead atoms. The molecule has 0 N–H and O–H groups in total. The van der Waals surface area contributed by atoms with Gasteiger partial charge in [-0.2, -0.15) is 0 Å². The molecule has 4 nitrogen and oxygen atoms in total. The normalized spacial score (nSPS) is 10.2. The van der Waals surface area contributed by atoms with Crippen molar-refractivity contribution in [2.75, 3.05) is 6.61 Å². The first-order chi connectivity index (χ1) is 9.66. The van der Waals surface area contributed by atoms with E-state index in [4.69, 9.17) is 4.74 Å². The molecule has 104 valence electrons. The number of aryl methyl sites for hydroxylation is 1. The molecule has 20 heavy (non-hydrogen) atoms. The minimum atomic E-state index is -0.391. The molecule has 0 amide bonds. The van der Waals surface area contributed by atoms with E-state index in [2.05, 4.69) is 0 Å². The second-order valence-electron chi connectivity index (χ2n) is 4.55. The van der Waals surface area contributed by atoms with Crippen LogP contribution in [0.3, 0.4) is 0 Å². The Morgan fingerprint density at radius 2 is 1.85 bits per heavy atom. The minimum absolute atomic E-state index is 0.0414. The number of nitrogens with zero attached hydrogens (tertiary/aromatic N) is 1. The van der Waals surface area contributed by atoms with Gasteiger partial charge in [-0.3, -0.25) is 9.59 Å². The van der Waals surface area contributed by atoms with E-state index >= 15 is 0 Å². The topological polar surface area (TPSA) is 48.3 Å². The summed E-state index contributed by atoms with van der Waals surface area (Å²) < 4.78 is 6.57. The number of pyridine rings is 1. The summed E-state index contributed by atoms with van der Waals surface area (Å²) in [5.74, 6) is -0.391. The fourth-order valence-electron chi connectivity index (χ4n) is 1.93. The summed E-state index contributed by atoms with van der Waals surface area (Å²) in [6.45, 7) is 2.07. The van der Waals surface area contributed by atoms with Crippen LogP contribution in [0, 0.1) is 6.92 Å². The Balaban J connectivity index is 1.86. The first-order valence-electron chi connectivity index (χ1n) is 6.53. The van der Waals surface area contributed by atoms with Gasteiger partial charge in [0.15, 0.2) is 0 Å². The molecule has 0 aliphatic heterocycles. The summed E-state index contributed by atoms with van der Waals surface area (Å²) in [6, 6.07) is 14.7. The van der Waals surface area contributed by atoms with E-state index in [1.807, 2.05) is 30.3 Å². The maximum absolute atomic E-state index is 11.7. The molecule has 0 saturated heterocycles. The molecule has 2 aromatic rings. The summed E-state index contributed by atoms with van der Waals surface area (Å²) >= 11 is 0. The van der Waals surface area contributed by atoms with Crippen molar-refractivity contribution in [3.8, 4) is 0 Å². The predicted octanol–water partition coefficient (Wildman–Crippen LogP) is 1.94. The molecular formula is C16H17NO3. The molecule has 0 saturated carbocycles. The van der Waals surface area contributed by atoms with Crippen molar-refractivity contribution in [2.45, 2.75) is 19.9 Å². The third-order valence-corrected chi connectivity index (χ3v) is 3.05. The van der Waals surface area contributed by atoms with Crippen molar-refractivity contribution in [1.82, 2.24) is 4.57 Å². The molecule has 1 aromatic heterocycles. The van der Waals surface area contributed by atoms with Crippen LogP contribution in [0.25, 0.3) is 0 Å². The Bertz CT molecular complexity index is 632. The maximum Gasteiger partial charge on any atom is 0.326 e. The van der Waals surface area contributed by atoms with Crippen molar-refractivity contribution >= 4 is 5.97 Å². The second kappa shape index (κ2) is 6.70. The van der Waals surface area contributed by atoms with E-state index in [0.29, 0.717) is 13.0 Å². The number of hydrogen-bond acceptors (Lipinski definition) is 3. The third-order valence-electron chi connectivity index (χ3n) is 3.05. The maximum atomic E-state index is 11.7. The van der Waals surface area contributed by atoms with Crippen LogP contribution in [0.1, 0.15) is 11.3 Å². The molecule has 2 rings (SSSR count). The van der Waals surface area contributed by atoms with Gasteiger partial charge in [-0.25, -0.2) is 0 Å². The number of rotatable bonds is 5. The fraction of sp³-hybridized carbons (Fsp3) is 0.250. The van der Waals surface area contributed by atoms with Crippen LogP contribution in [-0.2, 0) is 22.5 Å². The van der Waals surface area contributed by atoms with Crippen LogP contribution < -0.4 is 5.56 Å². The van der Waals surface area contributed by atoms with E-state index in [1.165, 1.54) is 10.6 Å². The molecule has 0 fully saturated rings. The number of carbonyl (C=O) groups excluding carboxylic acids is 1. The van der Waals surface area contributed by atoms with Crippen molar-refractivity contribution in [3.05, 3.63) is 70.1 Å². The number of ether oxygens (including phenoxy) is 1. The summed E-state index contributed by atoms with van der Waals surface area (Å²) in [6.07, 6.45) is 0.676. The first kappa shape index (κ1) is 14.1. The molecule has 0 aliphatic rings. The number of carbonyl (C=O) groups is 1. The van der Waals surface area contributed by atoms with E-state index in [-0.39, 0.29) is 12.1 Å². The quantitative estimate of drug-likeness (QED) is 0.781. The molecule has 0 unspecified atom stereocenters. The standard InChI is InChI=1S/C16H17NO3/c1-13-6-5-9-15(18)17(13)12-16(19)20-11-10-14-7-3-2-4-8-14/h2-9H,10-12H2,1H3. The lowest BCUT2D eigenvalue weighted by Gasteiger charge is -2.09. The predicted molar refractivity (Wildman–Crippen MR) is 76.5 cm³/mol. The molecule has 4 heteroatoms. The number of hydrogen-bond donors (Lipinski definition) is 0. The highest BCUT2D eigenvalue weighted by Gasteiger charge is 2.07. The molecule has 0 aliphatic carbocycles. The van der Waals surface area contributed by atoms with Crippen LogP contribution in [0.4, 0.5) is 0 Å². The van der Waals surface area contributed by atoms with Gasteiger partial charge in [0.25, 0.3) is 5.56 Å². The zero-order chi connectivity index (χ0) is 14.4. The second-order valence-corrected chi connectivity index (χ2v) is 4.55. The Morgan fingerprint density at radius 1 is 1.10 bits per heavy atom. The minimum Gasteiger partial charge on any atom is -0.464 e. The molecule has 1 heterocycles. The van der Waals surface area contributed by atoms with Gasteiger partial charge in [0, 0.05) is 18.2 Å². The summed E-state index contributed by atoms with van der Waals surface area (Å²) in [5.41, 5.74) is 1.68. The van der Waals surface area contributed by atoms with Gasteiger partial charge in [-0.15, -0.1) is 0 Å². The van der Waals surface area contributed by atoms with E-state index in [9.17, 15) is 9.59 Å². The zero-order valence-corrected chi connectivity index (χ0v) is 11.4. The highest BCUT2D eigenvalue weighted by molar-refractivity contribution is 5.69. The summed E-state index contributed by atoms with van der Waals surface area (Å²) in [7, 11) is 0. The van der Waals surface area contributed by atoms with Gasteiger partial charge >= 0.3 is 5.97 Å². The van der Waals surface area contributed by atoms with Gasteiger partial charge in [0.05, 0.1) is 6.61 Å². The van der Waals surface area contributed by atoms with Crippen LogP contribution in [0.15, 0.2) is 53.3 Å². The smallest absolute Gasteiger partial charge is 0.326 e. The van der Waals surface area contributed by atoms with Crippen LogP contribution >= 0.6 is 0 Å². The fourth-order valence-corrected chi connectivity index (χ4v) is 1.93. The van der Waals surface area contributed by atoms with E-state index < -0.39 is 5.97 Å². The summed E-state index contributed by atoms with van der Waals surface area (Å²) in [5, 5.41) is 0.